The molecule has 0 aliphatic heterocycles. The van der Waals surface area contributed by atoms with Crippen LogP contribution in [-0.4, -0.2) is 9.55 Å². The molecule has 0 bridgehead atoms. The van der Waals surface area contributed by atoms with Gasteiger partial charge in [-0.1, -0.05) is 32.4 Å². The van der Waals surface area contributed by atoms with Crippen molar-refractivity contribution in [1.82, 2.24) is 9.55 Å². The topological polar surface area (TPSA) is 43.8 Å². The molecular formula is C14H20ClN3. The Labute approximate surface area is 113 Å². The van der Waals surface area contributed by atoms with E-state index in [1.165, 1.54) is 0 Å². The molecule has 18 heavy (non-hydrogen) atoms. The van der Waals surface area contributed by atoms with Crippen LogP contribution in [0.1, 0.15) is 39.1 Å². The van der Waals surface area contributed by atoms with Crippen LogP contribution in [0.3, 0.4) is 0 Å². The van der Waals surface area contributed by atoms with Gasteiger partial charge in [0.25, 0.3) is 0 Å². The number of hydrogen-bond acceptors (Lipinski definition) is 2. The zero-order valence-electron chi connectivity index (χ0n) is 11.2. The fraction of sp³-hybridized carbons (Fsp3) is 0.500. The van der Waals surface area contributed by atoms with Gasteiger partial charge in [-0.25, -0.2) is 4.98 Å². The highest BCUT2D eigenvalue weighted by Gasteiger charge is 2.19. The Morgan fingerprint density at radius 3 is 2.72 bits per heavy atom. The maximum atomic E-state index is 6.25. The number of halogens is 1. The van der Waals surface area contributed by atoms with Gasteiger partial charge < -0.3 is 10.3 Å². The van der Waals surface area contributed by atoms with Gasteiger partial charge in [-0.05, 0) is 30.5 Å². The monoisotopic (exact) mass is 265 g/mol. The van der Waals surface area contributed by atoms with Crippen molar-refractivity contribution in [3.8, 4) is 0 Å². The van der Waals surface area contributed by atoms with Gasteiger partial charge in [-0.3, -0.25) is 0 Å². The van der Waals surface area contributed by atoms with Crippen molar-refractivity contribution in [2.24, 2.45) is 11.7 Å². The lowest BCUT2D eigenvalue weighted by molar-refractivity contribution is 0.467. The maximum absolute atomic E-state index is 6.25. The fourth-order valence-corrected chi connectivity index (χ4v) is 2.30. The lowest BCUT2D eigenvalue weighted by Crippen LogP contribution is -2.21. The molecule has 0 aliphatic rings. The van der Waals surface area contributed by atoms with Crippen molar-refractivity contribution in [2.75, 3.05) is 0 Å². The predicted octanol–water partition coefficient (Wildman–Crippen LogP) is 3.76. The lowest BCUT2D eigenvalue weighted by Gasteiger charge is -2.17. The van der Waals surface area contributed by atoms with E-state index in [-0.39, 0.29) is 6.04 Å². The minimum atomic E-state index is -0.0391. The summed E-state index contributed by atoms with van der Waals surface area (Å²) < 4.78 is 2.22. The van der Waals surface area contributed by atoms with Crippen molar-refractivity contribution in [3.05, 3.63) is 29.0 Å². The van der Waals surface area contributed by atoms with Crippen LogP contribution >= 0.6 is 11.6 Å². The van der Waals surface area contributed by atoms with Crippen molar-refractivity contribution < 1.29 is 0 Å². The lowest BCUT2D eigenvalue weighted by atomic mass is 10.1. The molecule has 3 nitrogen and oxygen atoms in total. The first-order valence-corrected chi connectivity index (χ1v) is 6.83. The first-order valence-electron chi connectivity index (χ1n) is 6.45. The molecule has 98 valence electrons. The molecule has 0 saturated carbocycles. The SMILES string of the molecule is CCCn1c(C(N)C(C)C)nc2cc(Cl)ccc21. The average molecular weight is 266 g/mol. The third-order valence-corrected chi connectivity index (χ3v) is 3.44. The molecule has 0 saturated heterocycles. The predicted molar refractivity (Wildman–Crippen MR) is 76.8 cm³/mol. The summed E-state index contributed by atoms with van der Waals surface area (Å²) in [5, 5.41) is 0.716. The van der Waals surface area contributed by atoms with Gasteiger partial charge in [0.2, 0.25) is 0 Å². The molecule has 2 aromatic rings. The third-order valence-electron chi connectivity index (χ3n) is 3.20. The van der Waals surface area contributed by atoms with E-state index in [1.807, 2.05) is 18.2 Å². The van der Waals surface area contributed by atoms with Crippen molar-refractivity contribution in [1.29, 1.82) is 0 Å². The second-order valence-electron chi connectivity index (χ2n) is 5.02. The number of rotatable bonds is 4. The Morgan fingerprint density at radius 1 is 1.39 bits per heavy atom. The normalized spacial score (nSPS) is 13.4. The number of benzene rings is 1. The summed E-state index contributed by atoms with van der Waals surface area (Å²) >= 11 is 6.02. The summed E-state index contributed by atoms with van der Waals surface area (Å²) in [7, 11) is 0. The molecule has 0 amide bonds. The van der Waals surface area contributed by atoms with E-state index in [4.69, 9.17) is 17.3 Å². The number of hydrogen-bond donors (Lipinski definition) is 1. The average Bonchev–Trinajstić information content (AvgIpc) is 2.66. The summed E-state index contributed by atoms with van der Waals surface area (Å²) in [5.74, 6) is 1.33. The summed E-state index contributed by atoms with van der Waals surface area (Å²) in [5.41, 5.74) is 8.30. The van der Waals surface area contributed by atoms with Crippen LogP contribution in [0.4, 0.5) is 0 Å². The van der Waals surface area contributed by atoms with Crippen LogP contribution in [0, 0.1) is 5.92 Å². The van der Waals surface area contributed by atoms with E-state index in [0.717, 1.165) is 29.8 Å². The second-order valence-corrected chi connectivity index (χ2v) is 5.46. The van der Waals surface area contributed by atoms with Gasteiger partial charge in [0.05, 0.1) is 17.1 Å². The first kappa shape index (κ1) is 13.4. The molecule has 1 aromatic carbocycles. The highest BCUT2D eigenvalue weighted by molar-refractivity contribution is 6.31. The standard InChI is InChI=1S/C14H20ClN3/c1-4-7-18-12-6-5-10(15)8-11(12)17-14(18)13(16)9(2)3/h5-6,8-9,13H,4,7,16H2,1-3H3. The zero-order valence-corrected chi connectivity index (χ0v) is 11.9. The second kappa shape index (κ2) is 5.29. The number of nitrogens with zero attached hydrogens (tertiary/aromatic N) is 2. The minimum absolute atomic E-state index is 0.0391. The van der Waals surface area contributed by atoms with E-state index in [9.17, 15) is 0 Å². The van der Waals surface area contributed by atoms with Crippen LogP contribution in [0.5, 0.6) is 0 Å². The smallest absolute Gasteiger partial charge is 0.127 e. The van der Waals surface area contributed by atoms with Gasteiger partial charge in [0.15, 0.2) is 0 Å². The van der Waals surface area contributed by atoms with Crippen molar-refractivity contribution in [2.45, 2.75) is 39.8 Å². The van der Waals surface area contributed by atoms with Crippen LogP contribution in [0.2, 0.25) is 5.02 Å². The number of aromatic nitrogens is 2. The summed E-state index contributed by atoms with van der Waals surface area (Å²) in [6, 6.07) is 5.79. The molecule has 1 unspecified atom stereocenters. The third kappa shape index (κ3) is 2.38. The molecule has 1 atom stereocenters. The summed E-state index contributed by atoms with van der Waals surface area (Å²) in [6.45, 7) is 7.33. The Balaban J connectivity index is 2.60. The Kier molecular flexibility index (Phi) is 3.93. The Morgan fingerprint density at radius 2 is 2.11 bits per heavy atom. The van der Waals surface area contributed by atoms with E-state index >= 15 is 0 Å². The van der Waals surface area contributed by atoms with Crippen LogP contribution in [0.15, 0.2) is 18.2 Å². The molecule has 1 aromatic heterocycles. The molecule has 4 heteroatoms. The molecule has 0 spiro atoms. The fourth-order valence-electron chi connectivity index (χ4n) is 2.13. The number of aryl methyl sites for hydroxylation is 1. The van der Waals surface area contributed by atoms with E-state index in [0.29, 0.717) is 10.9 Å². The van der Waals surface area contributed by atoms with Crippen LogP contribution < -0.4 is 5.73 Å². The van der Waals surface area contributed by atoms with E-state index in [2.05, 4.69) is 30.3 Å². The molecule has 2 rings (SSSR count). The van der Waals surface area contributed by atoms with Gasteiger partial charge >= 0.3 is 0 Å². The largest absolute Gasteiger partial charge is 0.327 e. The highest BCUT2D eigenvalue weighted by Crippen LogP contribution is 2.26. The summed E-state index contributed by atoms with van der Waals surface area (Å²) in [4.78, 5) is 4.67. The number of nitrogens with two attached hydrogens (primary N) is 1. The van der Waals surface area contributed by atoms with Crippen LogP contribution in [-0.2, 0) is 6.54 Å². The molecule has 0 radical (unpaired) electrons. The van der Waals surface area contributed by atoms with Gasteiger partial charge in [-0.15, -0.1) is 0 Å². The Bertz CT molecular complexity index is 545. The van der Waals surface area contributed by atoms with Crippen LogP contribution in [0.25, 0.3) is 11.0 Å². The zero-order chi connectivity index (χ0) is 13.3. The van der Waals surface area contributed by atoms with Gasteiger partial charge in [-0.2, -0.15) is 0 Å². The quantitative estimate of drug-likeness (QED) is 0.915. The minimum Gasteiger partial charge on any atom is -0.327 e. The van der Waals surface area contributed by atoms with Gasteiger partial charge in [0.1, 0.15) is 5.82 Å². The molecule has 2 N–H and O–H groups in total. The number of imidazole rings is 1. The van der Waals surface area contributed by atoms with Gasteiger partial charge in [0, 0.05) is 11.6 Å². The Hall–Kier alpha value is -1.06. The molecule has 0 fully saturated rings. The molecule has 0 aliphatic carbocycles. The molecular weight excluding hydrogens is 246 g/mol. The van der Waals surface area contributed by atoms with Crippen molar-refractivity contribution >= 4 is 22.6 Å². The van der Waals surface area contributed by atoms with E-state index < -0.39 is 0 Å². The maximum Gasteiger partial charge on any atom is 0.127 e. The number of fused-ring (bicyclic) bond motifs is 1. The van der Waals surface area contributed by atoms with E-state index in [1.54, 1.807) is 0 Å². The molecule has 1 heterocycles. The summed E-state index contributed by atoms with van der Waals surface area (Å²) in [6.07, 6.45) is 1.06. The first-order chi connectivity index (χ1) is 8.54. The highest BCUT2D eigenvalue weighted by atomic mass is 35.5. The van der Waals surface area contributed by atoms with Crippen molar-refractivity contribution in [3.63, 3.8) is 0 Å².